The van der Waals surface area contributed by atoms with Crippen LogP contribution in [0, 0.1) is 11.6 Å². The molecule has 1 unspecified atom stereocenters. The van der Waals surface area contributed by atoms with E-state index in [1.165, 1.54) is 36.7 Å². The minimum absolute atomic E-state index is 0.0886. The Labute approximate surface area is 226 Å². The van der Waals surface area contributed by atoms with Gasteiger partial charge in [0.25, 0.3) is 0 Å². The van der Waals surface area contributed by atoms with E-state index in [2.05, 4.69) is 19.3 Å². The molecule has 0 spiro atoms. The second kappa shape index (κ2) is 10.5. The highest BCUT2D eigenvalue weighted by Crippen LogP contribution is 2.39. The van der Waals surface area contributed by atoms with Gasteiger partial charge in [0.05, 0.1) is 16.0 Å². The number of hydrogen-bond donors (Lipinski definition) is 2. The average Bonchev–Trinajstić information content (AvgIpc) is 3.60. The molecule has 5 aromatic rings. The molecule has 1 saturated carbocycles. The van der Waals surface area contributed by atoms with Gasteiger partial charge >= 0.3 is 0 Å². The molecule has 6 rings (SSSR count). The molecule has 1 aliphatic carbocycles. The van der Waals surface area contributed by atoms with Crippen molar-refractivity contribution in [2.24, 2.45) is 0 Å². The SMILES string of the molecule is Nc1ncnc2c1c(-c1ccc(NS(=O)c3cccc(Oc4ccc(F)cc4)c3)c(F)c1)cn2C1CCCC1. The second-order valence-corrected chi connectivity index (χ2v) is 10.7. The molecule has 1 fully saturated rings. The maximum atomic E-state index is 15.3. The first-order chi connectivity index (χ1) is 19.0. The van der Waals surface area contributed by atoms with Crippen molar-refractivity contribution in [1.29, 1.82) is 0 Å². The molecule has 3 aromatic carbocycles. The van der Waals surface area contributed by atoms with Crippen molar-refractivity contribution in [3.63, 3.8) is 0 Å². The Morgan fingerprint density at radius 1 is 0.974 bits per heavy atom. The zero-order chi connectivity index (χ0) is 26.9. The fourth-order valence-electron chi connectivity index (χ4n) is 5.00. The summed E-state index contributed by atoms with van der Waals surface area (Å²) >= 11 is 0. The van der Waals surface area contributed by atoms with Gasteiger partial charge in [-0.05, 0) is 73.0 Å². The zero-order valence-electron chi connectivity index (χ0n) is 20.8. The quantitative estimate of drug-likeness (QED) is 0.230. The summed E-state index contributed by atoms with van der Waals surface area (Å²) in [5, 5.41) is 0.700. The lowest BCUT2D eigenvalue weighted by Gasteiger charge is -2.12. The molecule has 198 valence electrons. The van der Waals surface area contributed by atoms with Crippen LogP contribution in [-0.2, 0) is 11.0 Å². The Kier molecular flexibility index (Phi) is 6.70. The molecule has 3 N–H and O–H groups in total. The third-order valence-corrected chi connectivity index (χ3v) is 8.00. The number of rotatable bonds is 7. The van der Waals surface area contributed by atoms with Crippen molar-refractivity contribution in [1.82, 2.24) is 14.5 Å². The van der Waals surface area contributed by atoms with Crippen LogP contribution in [0.5, 0.6) is 11.5 Å². The van der Waals surface area contributed by atoms with E-state index < -0.39 is 16.8 Å². The van der Waals surface area contributed by atoms with Gasteiger partial charge in [-0.2, -0.15) is 0 Å². The second-order valence-electron chi connectivity index (χ2n) is 9.44. The lowest BCUT2D eigenvalue weighted by atomic mass is 10.1. The van der Waals surface area contributed by atoms with E-state index in [-0.39, 0.29) is 11.5 Å². The van der Waals surface area contributed by atoms with Crippen LogP contribution in [0.3, 0.4) is 0 Å². The summed E-state index contributed by atoms with van der Waals surface area (Å²) in [6, 6.07) is 17.2. The fraction of sp³-hybridized carbons (Fsp3) is 0.172. The highest BCUT2D eigenvalue weighted by atomic mass is 32.2. The van der Waals surface area contributed by atoms with E-state index in [1.807, 2.05) is 6.20 Å². The number of ether oxygens (including phenoxy) is 1. The maximum Gasteiger partial charge on any atom is 0.150 e. The van der Waals surface area contributed by atoms with Gasteiger partial charge in [0.1, 0.15) is 40.9 Å². The summed E-state index contributed by atoms with van der Waals surface area (Å²) in [7, 11) is -1.77. The molecule has 1 aliphatic rings. The summed E-state index contributed by atoms with van der Waals surface area (Å²) in [5.41, 5.74) is 8.45. The first-order valence-electron chi connectivity index (χ1n) is 12.6. The number of benzene rings is 3. The Hall–Kier alpha value is -4.31. The summed E-state index contributed by atoms with van der Waals surface area (Å²) in [6.45, 7) is 0. The van der Waals surface area contributed by atoms with Crippen molar-refractivity contribution in [2.75, 3.05) is 10.5 Å². The lowest BCUT2D eigenvalue weighted by molar-refractivity contribution is 0.479. The Morgan fingerprint density at radius 2 is 1.77 bits per heavy atom. The third-order valence-electron chi connectivity index (χ3n) is 6.91. The number of halogens is 2. The summed E-state index contributed by atoms with van der Waals surface area (Å²) in [4.78, 5) is 9.04. The van der Waals surface area contributed by atoms with E-state index in [0.29, 0.717) is 39.2 Å². The summed E-state index contributed by atoms with van der Waals surface area (Å²) in [5.74, 6) is 0.276. The minimum atomic E-state index is -1.77. The van der Waals surface area contributed by atoms with Crippen LogP contribution in [0.1, 0.15) is 31.7 Å². The smallest absolute Gasteiger partial charge is 0.150 e. The molecule has 0 bridgehead atoms. The number of fused-ring (bicyclic) bond motifs is 1. The van der Waals surface area contributed by atoms with Crippen LogP contribution in [0.2, 0.25) is 0 Å². The summed E-state index contributed by atoms with van der Waals surface area (Å²) < 4.78 is 52.1. The number of anilines is 2. The average molecular weight is 546 g/mol. The van der Waals surface area contributed by atoms with Gasteiger partial charge < -0.3 is 15.0 Å². The topological polar surface area (TPSA) is 95.1 Å². The largest absolute Gasteiger partial charge is 0.457 e. The van der Waals surface area contributed by atoms with Gasteiger partial charge in [-0.15, -0.1) is 0 Å². The third kappa shape index (κ3) is 5.07. The minimum Gasteiger partial charge on any atom is -0.457 e. The van der Waals surface area contributed by atoms with Gasteiger partial charge in [-0.3, -0.25) is 4.72 Å². The van der Waals surface area contributed by atoms with E-state index in [1.54, 1.807) is 36.4 Å². The van der Waals surface area contributed by atoms with Crippen LogP contribution in [-0.4, -0.2) is 18.7 Å². The number of nitrogens with two attached hydrogens (primary N) is 1. The van der Waals surface area contributed by atoms with Gasteiger partial charge in [-0.25, -0.2) is 23.0 Å². The number of nitrogens with zero attached hydrogens (tertiary/aromatic N) is 3. The predicted octanol–water partition coefficient (Wildman–Crippen LogP) is 7.00. The number of hydrogen-bond acceptors (Lipinski definition) is 5. The molecule has 2 heterocycles. The van der Waals surface area contributed by atoms with Gasteiger partial charge in [0.15, 0.2) is 11.0 Å². The van der Waals surface area contributed by atoms with Crippen molar-refractivity contribution < 1.29 is 17.7 Å². The molecule has 39 heavy (non-hydrogen) atoms. The number of aromatic nitrogens is 3. The molecule has 0 amide bonds. The van der Waals surface area contributed by atoms with E-state index in [4.69, 9.17) is 10.5 Å². The van der Waals surface area contributed by atoms with E-state index in [0.717, 1.165) is 36.9 Å². The molecule has 0 radical (unpaired) electrons. The molecule has 7 nitrogen and oxygen atoms in total. The first-order valence-corrected chi connectivity index (χ1v) is 13.7. The number of nitrogen functional groups attached to an aromatic ring is 1. The maximum absolute atomic E-state index is 15.3. The molecular weight excluding hydrogens is 520 g/mol. The van der Waals surface area contributed by atoms with Crippen molar-refractivity contribution in [3.05, 3.63) is 90.9 Å². The number of nitrogens with one attached hydrogen (secondary N) is 1. The van der Waals surface area contributed by atoms with Crippen LogP contribution in [0.15, 0.2) is 84.1 Å². The van der Waals surface area contributed by atoms with Crippen LogP contribution >= 0.6 is 0 Å². The molecule has 2 aromatic heterocycles. The van der Waals surface area contributed by atoms with Crippen molar-refractivity contribution >= 4 is 33.5 Å². The standard InChI is InChI=1S/C29H25F2N5O2S/c30-19-9-11-21(12-10-19)38-22-6-3-7-23(15-22)39(37)35-26-13-8-18(14-25(26)31)24-16-36(20-4-1-2-5-20)29-27(24)28(32)33-17-34-29/h3,6-17,20,35H,1-2,4-5H2,(H2,32,33,34). The normalized spacial score (nSPS) is 14.5. The Morgan fingerprint density at radius 3 is 2.54 bits per heavy atom. The highest BCUT2D eigenvalue weighted by molar-refractivity contribution is 7.86. The highest BCUT2D eigenvalue weighted by Gasteiger charge is 2.23. The van der Waals surface area contributed by atoms with Gasteiger partial charge in [0.2, 0.25) is 0 Å². The molecular formula is C29H25F2N5O2S. The van der Waals surface area contributed by atoms with Crippen molar-refractivity contribution in [3.8, 4) is 22.6 Å². The molecule has 0 saturated heterocycles. The molecule has 1 atom stereocenters. The molecule has 0 aliphatic heterocycles. The molecule has 10 heteroatoms. The first kappa shape index (κ1) is 25.0. The van der Waals surface area contributed by atoms with E-state index in [9.17, 15) is 8.60 Å². The van der Waals surface area contributed by atoms with Gasteiger partial charge in [-0.1, -0.05) is 25.0 Å². The van der Waals surface area contributed by atoms with Crippen LogP contribution < -0.4 is 15.2 Å². The van der Waals surface area contributed by atoms with Crippen LogP contribution in [0.25, 0.3) is 22.2 Å². The Balaban J connectivity index is 1.25. The van der Waals surface area contributed by atoms with Gasteiger partial charge in [0, 0.05) is 17.8 Å². The lowest BCUT2D eigenvalue weighted by Crippen LogP contribution is -2.06. The predicted molar refractivity (Wildman–Crippen MR) is 148 cm³/mol. The summed E-state index contributed by atoms with van der Waals surface area (Å²) in [6.07, 6.45) is 7.88. The monoisotopic (exact) mass is 545 g/mol. The van der Waals surface area contributed by atoms with E-state index >= 15 is 4.39 Å². The Bertz CT molecular complexity index is 1680. The zero-order valence-corrected chi connectivity index (χ0v) is 21.6. The fourth-order valence-corrected chi connectivity index (χ4v) is 5.91. The van der Waals surface area contributed by atoms with Crippen LogP contribution in [0.4, 0.5) is 20.3 Å². The van der Waals surface area contributed by atoms with Crippen molar-refractivity contribution in [2.45, 2.75) is 36.6 Å².